The molecule has 1 aromatic heterocycles. The lowest BCUT2D eigenvalue weighted by atomic mass is 10.2. The molecule has 0 aliphatic rings. The van der Waals surface area contributed by atoms with E-state index < -0.39 is 4.92 Å². The van der Waals surface area contributed by atoms with E-state index >= 15 is 0 Å². The van der Waals surface area contributed by atoms with Crippen molar-refractivity contribution in [2.45, 2.75) is 0 Å². The number of nitrogens with two attached hydrogens (primary N) is 1. The highest BCUT2D eigenvalue weighted by Gasteiger charge is 2.09. The van der Waals surface area contributed by atoms with Crippen molar-refractivity contribution in [3.8, 4) is 0 Å². The molecule has 2 aromatic rings. The van der Waals surface area contributed by atoms with E-state index in [4.69, 9.17) is 5.84 Å². The molecule has 0 amide bonds. The molecule has 1 heterocycles. The zero-order valence-corrected chi connectivity index (χ0v) is 9.09. The zero-order chi connectivity index (χ0) is 13.0. The second-order valence-corrected chi connectivity index (χ2v) is 3.25. The van der Waals surface area contributed by atoms with Gasteiger partial charge in [0.05, 0.1) is 16.7 Å². The minimum Gasteiger partial charge on any atom is -0.335 e. The van der Waals surface area contributed by atoms with Crippen LogP contribution in [0.4, 0.5) is 11.6 Å². The zero-order valence-electron chi connectivity index (χ0n) is 9.09. The summed E-state index contributed by atoms with van der Waals surface area (Å²) in [6, 6.07) is 6.24. The average Bonchev–Trinajstić information content (AvgIpc) is 2.76. The molecule has 0 aliphatic heterocycles. The van der Waals surface area contributed by atoms with E-state index in [2.05, 4.69) is 20.7 Å². The molecule has 3 N–H and O–H groups in total. The SMILES string of the molecule is Nn1cnnc1NN=Cc1ccccc1[N+](=O)[O-]. The van der Waals surface area contributed by atoms with E-state index in [0.717, 1.165) is 4.68 Å². The maximum atomic E-state index is 10.7. The van der Waals surface area contributed by atoms with Crippen LogP contribution in [0.1, 0.15) is 5.56 Å². The van der Waals surface area contributed by atoms with Gasteiger partial charge < -0.3 is 5.84 Å². The lowest BCUT2D eigenvalue weighted by Gasteiger charge is -1.98. The van der Waals surface area contributed by atoms with Crippen LogP contribution in [-0.4, -0.2) is 26.0 Å². The molecule has 9 nitrogen and oxygen atoms in total. The fourth-order valence-corrected chi connectivity index (χ4v) is 1.25. The van der Waals surface area contributed by atoms with Gasteiger partial charge in [-0.3, -0.25) is 10.1 Å². The number of nitro groups is 1. The predicted octanol–water partition coefficient (Wildman–Crippen LogP) is 0.346. The highest BCUT2D eigenvalue weighted by Crippen LogP contribution is 2.15. The molecule has 0 fully saturated rings. The Bertz CT molecular complexity index is 592. The predicted molar refractivity (Wildman–Crippen MR) is 64.5 cm³/mol. The van der Waals surface area contributed by atoms with Gasteiger partial charge in [-0.1, -0.05) is 12.1 Å². The summed E-state index contributed by atoms with van der Waals surface area (Å²) in [5.74, 6) is 5.67. The summed E-state index contributed by atoms with van der Waals surface area (Å²) >= 11 is 0. The summed E-state index contributed by atoms with van der Waals surface area (Å²) in [6.07, 6.45) is 2.61. The van der Waals surface area contributed by atoms with Crippen LogP contribution in [0.15, 0.2) is 35.7 Å². The third-order valence-corrected chi connectivity index (χ3v) is 2.07. The number of hydrazone groups is 1. The van der Waals surface area contributed by atoms with Gasteiger partial charge in [0.2, 0.25) is 0 Å². The van der Waals surface area contributed by atoms with Crippen LogP contribution in [-0.2, 0) is 0 Å². The lowest BCUT2D eigenvalue weighted by molar-refractivity contribution is -0.385. The molecule has 0 bridgehead atoms. The van der Waals surface area contributed by atoms with Crippen LogP contribution in [0.2, 0.25) is 0 Å². The van der Waals surface area contributed by atoms with Gasteiger partial charge in [0.15, 0.2) is 0 Å². The van der Waals surface area contributed by atoms with Crippen molar-refractivity contribution < 1.29 is 4.92 Å². The molecular formula is C9H9N7O2. The standard InChI is InChI=1S/C9H9N7O2/c10-15-6-12-14-9(15)13-11-5-7-3-1-2-4-8(7)16(17)18/h1-6H,10H2,(H,13,14). The Morgan fingerprint density at radius 2 is 2.28 bits per heavy atom. The third kappa shape index (κ3) is 2.40. The number of nitrogens with one attached hydrogen (secondary N) is 1. The van der Waals surface area contributed by atoms with Crippen molar-refractivity contribution in [1.29, 1.82) is 0 Å². The topological polar surface area (TPSA) is 124 Å². The van der Waals surface area contributed by atoms with Crippen LogP contribution in [0.3, 0.4) is 0 Å². The highest BCUT2D eigenvalue weighted by molar-refractivity contribution is 5.85. The molecular weight excluding hydrogens is 238 g/mol. The van der Waals surface area contributed by atoms with Crippen molar-refractivity contribution in [2.75, 3.05) is 11.3 Å². The van der Waals surface area contributed by atoms with Crippen LogP contribution in [0.5, 0.6) is 0 Å². The maximum absolute atomic E-state index is 10.7. The molecule has 1 aromatic carbocycles. The second kappa shape index (κ2) is 4.91. The normalized spacial score (nSPS) is 10.7. The van der Waals surface area contributed by atoms with E-state index in [9.17, 15) is 10.1 Å². The van der Waals surface area contributed by atoms with Gasteiger partial charge in [-0.2, -0.15) is 5.10 Å². The van der Waals surface area contributed by atoms with Crippen LogP contribution in [0, 0.1) is 10.1 Å². The Hall–Kier alpha value is -2.97. The number of nitrogens with zero attached hydrogens (tertiary/aromatic N) is 5. The van der Waals surface area contributed by atoms with Crippen molar-refractivity contribution >= 4 is 17.9 Å². The summed E-state index contributed by atoms with van der Waals surface area (Å²) in [5, 5.41) is 21.7. The molecule has 0 atom stereocenters. The average molecular weight is 247 g/mol. The summed E-state index contributed by atoms with van der Waals surface area (Å²) in [5.41, 5.74) is 2.86. The van der Waals surface area contributed by atoms with E-state index in [1.54, 1.807) is 18.2 Å². The van der Waals surface area contributed by atoms with E-state index in [1.807, 2.05) is 0 Å². The van der Waals surface area contributed by atoms with Gasteiger partial charge in [0.1, 0.15) is 6.33 Å². The largest absolute Gasteiger partial charge is 0.335 e. The first-order valence-corrected chi connectivity index (χ1v) is 4.86. The summed E-state index contributed by atoms with van der Waals surface area (Å²) in [4.78, 5) is 10.3. The fraction of sp³-hybridized carbons (Fsp3) is 0. The van der Waals surface area contributed by atoms with Gasteiger partial charge in [0, 0.05) is 6.07 Å². The Morgan fingerprint density at radius 1 is 1.50 bits per heavy atom. The third-order valence-electron chi connectivity index (χ3n) is 2.07. The van der Waals surface area contributed by atoms with Crippen LogP contribution >= 0.6 is 0 Å². The molecule has 0 saturated heterocycles. The second-order valence-electron chi connectivity index (χ2n) is 3.25. The van der Waals surface area contributed by atoms with Crippen LogP contribution < -0.4 is 11.3 Å². The summed E-state index contributed by atoms with van der Waals surface area (Å²) < 4.78 is 1.14. The number of anilines is 1. The molecule has 0 radical (unpaired) electrons. The van der Waals surface area contributed by atoms with Gasteiger partial charge in [-0.25, -0.2) is 10.1 Å². The molecule has 0 spiro atoms. The Labute approximate surface area is 101 Å². The lowest BCUT2D eigenvalue weighted by Crippen LogP contribution is -2.10. The smallest absolute Gasteiger partial charge is 0.278 e. The first-order valence-electron chi connectivity index (χ1n) is 4.86. The minimum atomic E-state index is -0.479. The van der Waals surface area contributed by atoms with E-state index in [0.29, 0.717) is 5.56 Å². The van der Waals surface area contributed by atoms with Crippen LogP contribution in [0.25, 0.3) is 0 Å². The molecule has 9 heteroatoms. The molecule has 0 aliphatic carbocycles. The minimum absolute atomic E-state index is 0.0303. The Morgan fingerprint density at radius 3 is 2.94 bits per heavy atom. The molecule has 0 saturated carbocycles. The quantitative estimate of drug-likeness (QED) is 0.347. The number of aromatic nitrogens is 3. The van der Waals surface area contributed by atoms with E-state index in [1.165, 1.54) is 18.6 Å². The van der Waals surface area contributed by atoms with Gasteiger partial charge in [-0.15, -0.1) is 10.2 Å². The molecule has 18 heavy (non-hydrogen) atoms. The number of hydrogen-bond acceptors (Lipinski definition) is 7. The first-order chi connectivity index (χ1) is 8.68. The van der Waals surface area contributed by atoms with Gasteiger partial charge in [-0.05, 0) is 6.07 Å². The molecule has 0 unspecified atom stereocenters. The molecule has 92 valence electrons. The number of benzene rings is 1. The number of nitro benzene ring substituents is 1. The summed E-state index contributed by atoms with van der Waals surface area (Å²) in [7, 11) is 0. The number of rotatable bonds is 4. The van der Waals surface area contributed by atoms with Crippen molar-refractivity contribution in [3.05, 3.63) is 46.3 Å². The maximum Gasteiger partial charge on any atom is 0.278 e. The number of para-hydroxylation sites is 1. The van der Waals surface area contributed by atoms with E-state index in [-0.39, 0.29) is 11.6 Å². The van der Waals surface area contributed by atoms with Crippen molar-refractivity contribution in [2.24, 2.45) is 5.10 Å². The molecule has 2 rings (SSSR count). The summed E-state index contributed by atoms with van der Waals surface area (Å²) in [6.45, 7) is 0. The van der Waals surface area contributed by atoms with Gasteiger partial charge in [0.25, 0.3) is 11.6 Å². The fourth-order valence-electron chi connectivity index (χ4n) is 1.25. The van der Waals surface area contributed by atoms with Crippen molar-refractivity contribution in [1.82, 2.24) is 14.9 Å². The monoisotopic (exact) mass is 247 g/mol. The van der Waals surface area contributed by atoms with Crippen molar-refractivity contribution in [3.63, 3.8) is 0 Å². The Balaban J connectivity index is 2.14. The first kappa shape index (κ1) is 11.5. The number of nitrogen functional groups attached to an aromatic ring is 1. The number of hydrogen-bond donors (Lipinski definition) is 2. The Kier molecular flexibility index (Phi) is 3.14. The van der Waals surface area contributed by atoms with Gasteiger partial charge >= 0.3 is 0 Å². The highest BCUT2D eigenvalue weighted by atomic mass is 16.6.